The maximum atomic E-state index is 11.5. The molecule has 1 heterocycles. The van der Waals surface area contributed by atoms with E-state index in [1.54, 1.807) is 13.8 Å². The van der Waals surface area contributed by atoms with E-state index in [2.05, 4.69) is 15.3 Å². The number of aromatic carboxylic acids is 1. The fourth-order valence-electron chi connectivity index (χ4n) is 0.984. The van der Waals surface area contributed by atoms with Crippen LogP contribution in [0.3, 0.4) is 0 Å². The minimum atomic E-state index is -1.52. The van der Waals surface area contributed by atoms with Crippen molar-refractivity contribution in [3.63, 3.8) is 0 Å². The van der Waals surface area contributed by atoms with Crippen LogP contribution >= 0.6 is 0 Å². The summed E-state index contributed by atoms with van der Waals surface area (Å²) < 4.78 is 0. The van der Waals surface area contributed by atoms with E-state index in [0.29, 0.717) is 0 Å². The number of carboxylic acid groups (broad SMARTS) is 1. The Morgan fingerprint density at radius 3 is 2.27 bits per heavy atom. The van der Waals surface area contributed by atoms with E-state index >= 15 is 0 Å². The molecule has 0 saturated carbocycles. The van der Waals surface area contributed by atoms with Gasteiger partial charge in [-0.25, -0.2) is 4.98 Å². The van der Waals surface area contributed by atoms with Crippen LogP contribution in [0.25, 0.3) is 0 Å². The van der Waals surface area contributed by atoms with Gasteiger partial charge in [-0.2, -0.15) is 0 Å². The minimum absolute atomic E-state index is 0.103. The van der Waals surface area contributed by atoms with Crippen LogP contribution in [0.15, 0.2) is 12.4 Å². The van der Waals surface area contributed by atoms with Crippen molar-refractivity contribution in [2.45, 2.75) is 19.9 Å². The monoisotopic (exact) mass is 208 g/mol. The maximum absolute atomic E-state index is 11.5. The average molecular weight is 208 g/mol. The number of aromatic nitrogens is 2. The van der Waals surface area contributed by atoms with Crippen LogP contribution in [0.5, 0.6) is 0 Å². The zero-order chi connectivity index (χ0) is 11.4. The zero-order valence-electron chi connectivity index (χ0n) is 8.35. The van der Waals surface area contributed by atoms with Crippen molar-refractivity contribution in [1.82, 2.24) is 15.3 Å². The smallest absolute Gasteiger partial charge is 0.272 e. The van der Waals surface area contributed by atoms with Gasteiger partial charge < -0.3 is 15.2 Å². The van der Waals surface area contributed by atoms with Gasteiger partial charge in [0, 0.05) is 18.4 Å². The Hall–Kier alpha value is -1.98. The molecule has 0 saturated heterocycles. The third kappa shape index (κ3) is 2.73. The standard InChI is InChI=1S/C9H11N3O3/c1-5(2)12-8(13)6-7(9(14)15)11-4-3-10-6/h3-5H,1-2H3,(H,12,13)(H,14,15)/p-1. The molecule has 0 unspecified atom stereocenters. The Labute approximate surface area is 86.4 Å². The molecule has 0 fully saturated rings. The van der Waals surface area contributed by atoms with Gasteiger partial charge in [0.25, 0.3) is 5.91 Å². The van der Waals surface area contributed by atoms with E-state index in [1.165, 1.54) is 12.4 Å². The zero-order valence-corrected chi connectivity index (χ0v) is 8.35. The van der Waals surface area contributed by atoms with Crippen molar-refractivity contribution in [3.05, 3.63) is 23.8 Å². The highest BCUT2D eigenvalue weighted by Crippen LogP contribution is 2.00. The van der Waals surface area contributed by atoms with E-state index in [4.69, 9.17) is 0 Å². The molecule has 6 heteroatoms. The van der Waals surface area contributed by atoms with Crippen molar-refractivity contribution in [3.8, 4) is 0 Å². The van der Waals surface area contributed by atoms with Crippen molar-refractivity contribution >= 4 is 11.9 Å². The first kappa shape index (κ1) is 11.1. The molecule has 0 aliphatic heterocycles. The number of nitrogens with zero attached hydrogens (tertiary/aromatic N) is 2. The largest absolute Gasteiger partial charge is 0.543 e. The molecule has 0 atom stereocenters. The summed E-state index contributed by atoms with van der Waals surface area (Å²) in [6.07, 6.45) is 2.44. The molecule has 0 spiro atoms. The van der Waals surface area contributed by atoms with Gasteiger partial charge >= 0.3 is 0 Å². The summed E-state index contributed by atoms with van der Waals surface area (Å²) in [7, 11) is 0. The first-order chi connectivity index (χ1) is 7.02. The van der Waals surface area contributed by atoms with Gasteiger partial charge in [-0.1, -0.05) is 0 Å². The molecule has 1 rings (SSSR count). The highest BCUT2D eigenvalue weighted by atomic mass is 16.4. The number of carboxylic acids is 1. The van der Waals surface area contributed by atoms with Crippen molar-refractivity contribution in [2.24, 2.45) is 0 Å². The Morgan fingerprint density at radius 2 is 1.80 bits per heavy atom. The van der Waals surface area contributed by atoms with Crippen molar-refractivity contribution < 1.29 is 14.7 Å². The molecule has 0 radical (unpaired) electrons. The second kappa shape index (κ2) is 4.50. The van der Waals surface area contributed by atoms with Gasteiger partial charge in [0.1, 0.15) is 5.69 Å². The summed E-state index contributed by atoms with van der Waals surface area (Å²) in [5, 5.41) is 13.1. The first-order valence-corrected chi connectivity index (χ1v) is 4.35. The summed E-state index contributed by atoms with van der Waals surface area (Å²) in [4.78, 5) is 29.3. The highest BCUT2D eigenvalue weighted by molar-refractivity contribution is 6.01. The van der Waals surface area contributed by atoms with Crippen LogP contribution in [-0.4, -0.2) is 27.9 Å². The predicted octanol–water partition coefficient (Wildman–Crippen LogP) is -1.02. The predicted molar refractivity (Wildman–Crippen MR) is 49.0 cm³/mol. The van der Waals surface area contributed by atoms with E-state index in [9.17, 15) is 14.7 Å². The molecule has 1 N–H and O–H groups in total. The number of hydrogen-bond donors (Lipinski definition) is 1. The fourth-order valence-corrected chi connectivity index (χ4v) is 0.984. The molecule has 0 bridgehead atoms. The van der Waals surface area contributed by atoms with Crippen LogP contribution in [0.4, 0.5) is 0 Å². The number of carbonyl (C=O) groups excluding carboxylic acids is 2. The number of nitrogens with one attached hydrogen (secondary N) is 1. The van der Waals surface area contributed by atoms with Gasteiger partial charge in [0.15, 0.2) is 5.69 Å². The minimum Gasteiger partial charge on any atom is -0.543 e. The van der Waals surface area contributed by atoms with Crippen LogP contribution in [0.2, 0.25) is 0 Å². The summed E-state index contributed by atoms with van der Waals surface area (Å²) in [6.45, 7) is 3.51. The van der Waals surface area contributed by atoms with Crippen molar-refractivity contribution in [2.75, 3.05) is 0 Å². The van der Waals surface area contributed by atoms with Gasteiger partial charge in [0.05, 0.1) is 5.97 Å². The molecule has 1 amide bonds. The Balaban J connectivity index is 3.03. The first-order valence-electron chi connectivity index (χ1n) is 4.35. The molecule has 1 aromatic rings. The summed E-state index contributed by atoms with van der Waals surface area (Å²) in [5.74, 6) is -2.09. The average Bonchev–Trinajstić information content (AvgIpc) is 2.16. The Kier molecular flexibility index (Phi) is 3.33. The molecule has 6 nitrogen and oxygen atoms in total. The van der Waals surface area contributed by atoms with Gasteiger partial charge in [-0.05, 0) is 13.8 Å². The number of amides is 1. The normalized spacial score (nSPS) is 10.1. The molecule has 0 aromatic carbocycles. The van der Waals surface area contributed by atoms with Gasteiger partial charge in [-0.3, -0.25) is 9.78 Å². The summed E-state index contributed by atoms with van der Waals surface area (Å²) in [6, 6.07) is -0.103. The SMILES string of the molecule is CC(C)NC(=O)c1nccnc1C(=O)[O-]. The Bertz CT molecular complexity index is 390. The molecule has 0 aliphatic carbocycles. The summed E-state index contributed by atoms with van der Waals surface area (Å²) >= 11 is 0. The lowest BCUT2D eigenvalue weighted by atomic mass is 10.2. The van der Waals surface area contributed by atoms with Crippen LogP contribution in [0.1, 0.15) is 34.8 Å². The van der Waals surface area contributed by atoms with Crippen LogP contribution in [0, 0.1) is 0 Å². The third-order valence-electron chi connectivity index (χ3n) is 1.53. The molecule has 0 aliphatic rings. The molecular weight excluding hydrogens is 198 g/mol. The quantitative estimate of drug-likeness (QED) is 0.685. The lowest BCUT2D eigenvalue weighted by Gasteiger charge is -2.10. The van der Waals surface area contributed by atoms with E-state index in [1.807, 2.05) is 0 Å². The second-order valence-corrected chi connectivity index (χ2v) is 3.17. The van der Waals surface area contributed by atoms with Crippen LogP contribution < -0.4 is 10.4 Å². The molecule has 15 heavy (non-hydrogen) atoms. The van der Waals surface area contributed by atoms with Gasteiger partial charge in [0.2, 0.25) is 0 Å². The van der Waals surface area contributed by atoms with E-state index in [-0.39, 0.29) is 11.7 Å². The molecular formula is C9H10N3O3-. The number of rotatable bonds is 3. The van der Waals surface area contributed by atoms with Crippen LogP contribution in [-0.2, 0) is 0 Å². The van der Waals surface area contributed by atoms with E-state index < -0.39 is 17.6 Å². The highest BCUT2D eigenvalue weighted by Gasteiger charge is 2.15. The Morgan fingerprint density at radius 1 is 1.27 bits per heavy atom. The van der Waals surface area contributed by atoms with Crippen molar-refractivity contribution in [1.29, 1.82) is 0 Å². The lowest BCUT2D eigenvalue weighted by molar-refractivity contribution is -0.255. The maximum Gasteiger partial charge on any atom is 0.272 e. The third-order valence-corrected chi connectivity index (χ3v) is 1.53. The topological polar surface area (TPSA) is 95.0 Å². The fraction of sp³-hybridized carbons (Fsp3) is 0.333. The van der Waals surface area contributed by atoms with Gasteiger partial charge in [-0.15, -0.1) is 0 Å². The summed E-state index contributed by atoms with van der Waals surface area (Å²) in [5.41, 5.74) is -0.679. The van der Waals surface area contributed by atoms with E-state index in [0.717, 1.165) is 0 Å². The second-order valence-electron chi connectivity index (χ2n) is 3.17. The number of hydrogen-bond acceptors (Lipinski definition) is 5. The molecule has 80 valence electrons. The lowest BCUT2D eigenvalue weighted by Crippen LogP contribution is -2.34. The number of carbonyl (C=O) groups is 2. The molecule has 1 aromatic heterocycles.